The minimum atomic E-state index is -0.372. The molecule has 4 rings (SSSR count). The molecule has 7 heteroatoms. The third-order valence-corrected chi connectivity index (χ3v) is 5.82. The summed E-state index contributed by atoms with van der Waals surface area (Å²) >= 11 is 0. The smallest absolute Gasteiger partial charge is 0.261 e. The number of rotatable bonds is 6. The van der Waals surface area contributed by atoms with Gasteiger partial charge in [0.2, 0.25) is 0 Å². The van der Waals surface area contributed by atoms with Crippen molar-refractivity contribution in [1.82, 2.24) is 14.5 Å². The van der Waals surface area contributed by atoms with Crippen molar-refractivity contribution >= 4 is 22.6 Å². The number of ether oxygens (including phenoxy) is 1. The van der Waals surface area contributed by atoms with Gasteiger partial charge in [-0.3, -0.25) is 19.0 Å². The Bertz CT molecular complexity index is 1140. The third-order valence-electron chi connectivity index (χ3n) is 5.82. The number of nitrogens with zero attached hydrogens (tertiary/aromatic N) is 3. The Kier molecular flexibility index (Phi) is 6.23. The van der Waals surface area contributed by atoms with E-state index in [1.54, 1.807) is 42.3 Å². The van der Waals surface area contributed by atoms with Crippen molar-refractivity contribution in [3.63, 3.8) is 0 Å². The number of likely N-dealkylation sites (tertiary alicyclic amines) is 1. The van der Waals surface area contributed by atoms with E-state index in [0.29, 0.717) is 23.0 Å². The maximum absolute atomic E-state index is 13.1. The van der Waals surface area contributed by atoms with Crippen LogP contribution in [0.25, 0.3) is 10.9 Å². The SMILES string of the molecule is COC1CCCN(C(=O)c2ccccc2)[C@H]1CC(=O)Cn1cnc2ccccc2c1=O. The molecular formula is C24H25N3O4. The number of Topliss-reactive ketones (excluding diaryl/α,β-unsaturated/α-hetero) is 1. The number of piperidine rings is 1. The number of benzene rings is 2. The highest BCUT2D eigenvalue weighted by Crippen LogP contribution is 2.25. The fourth-order valence-electron chi connectivity index (χ4n) is 4.24. The molecule has 0 N–H and O–H groups in total. The summed E-state index contributed by atoms with van der Waals surface area (Å²) in [5.41, 5.74) is 0.942. The summed E-state index contributed by atoms with van der Waals surface area (Å²) in [6.45, 7) is 0.486. The van der Waals surface area contributed by atoms with Crippen LogP contribution in [0.2, 0.25) is 0 Å². The molecule has 2 heterocycles. The van der Waals surface area contributed by atoms with Crippen LogP contribution in [0, 0.1) is 0 Å². The predicted molar refractivity (Wildman–Crippen MR) is 117 cm³/mol. The van der Waals surface area contributed by atoms with E-state index in [2.05, 4.69) is 4.98 Å². The van der Waals surface area contributed by atoms with Gasteiger partial charge in [0.25, 0.3) is 11.5 Å². The quantitative estimate of drug-likeness (QED) is 0.614. The molecule has 7 nitrogen and oxygen atoms in total. The van der Waals surface area contributed by atoms with E-state index in [-0.39, 0.29) is 42.4 Å². The first-order chi connectivity index (χ1) is 15.1. The van der Waals surface area contributed by atoms with Gasteiger partial charge >= 0.3 is 0 Å². The molecule has 2 aromatic carbocycles. The summed E-state index contributed by atoms with van der Waals surface area (Å²) in [6.07, 6.45) is 2.90. The Labute approximate surface area is 180 Å². The van der Waals surface area contributed by atoms with E-state index in [9.17, 15) is 14.4 Å². The van der Waals surface area contributed by atoms with Crippen LogP contribution >= 0.6 is 0 Å². The van der Waals surface area contributed by atoms with E-state index in [1.165, 1.54) is 10.9 Å². The fourth-order valence-corrected chi connectivity index (χ4v) is 4.24. The number of hydrogen-bond donors (Lipinski definition) is 0. The van der Waals surface area contributed by atoms with E-state index >= 15 is 0 Å². The summed E-state index contributed by atoms with van der Waals surface area (Å²) in [7, 11) is 1.61. The molecule has 1 fully saturated rings. The minimum absolute atomic E-state index is 0.0863. The van der Waals surface area contributed by atoms with Gasteiger partial charge < -0.3 is 9.64 Å². The number of aromatic nitrogens is 2. The molecule has 0 spiro atoms. The number of methoxy groups -OCH3 is 1. The van der Waals surface area contributed by atoms with Crippen molar-refractivity contribution < 1.29 is 14.3 Å². The lowest BCUT2D eigenvalue weighted by Crippen LogP contribution is -2.52. The molecule has 160 valence electrons. The predicted octanol–water partition coefficient (Wildman–Crippen LogP) is 2.68. The molecular weight excluding hydrogens is 394 g/mol. The number of carbonyl (C=O) groups excluding carboxylic acids is 2. The number of para-hydroxylation sites is 1. The molecule has 1 aliphatic rings. The van der Waals surface area contributed by atoms with E-state index < -0.39 is 0 Å². The van der Waals surface area contributed by atoms with Gasteiger partial charge in [0.1, 0.15) is 0 Å². The van der Waals surface area contributed by atoms with Crippen LogP contribution in [0.15, 0.2) is 65.7 Å². The van der Waals surface area contributed by atoms with Crippen LogP contribution in [-0.4, -0.2) is 51.9 Å². The van der Waals surface area contributed by atoms with Gasteiger partial charge in [0.05, 0.1) is 35.9 Å². The highest BCUT2D eigenvalue weighted by Gasteiger charge is 2.36. The Morgan fingerprint density at radius 2 is 1.84 bits per heavy atom. The fraction of sp³-hybridized carbons (Fsp3) is 0.333. The van der Waals surface area contributed by atoms with E-state index in [0.717, 1.165) is 12.8 Å². The zero-order valence-electron chi connectivity index (χ0n) is 17.4. The molecule has 2 atom stereocenters. The zero-order chi connectivity index (χ0) is 21.8. The third kappa shape index (κ3) is 4.41. The number of ketones is 1. The second-order valence-electron chi connectivity index (χ2n) is 7.79. The molecule has 1 amide bonds. The summed E-state index contributed by atoms with van der Waals surface area (Å²) in [5.74, 6) is -0.247. The Balaban J connectivity index is 1.54. The molecule has 1 unspecified atom stereocenters. The van der Waals surface area contributed by atoms with Crippen LogP contribution in [-0.2, 0) is 16.1 Å². The van der Waals surface area contributed by atoms with Gasteiger partial charge in [-0.2, -0.15) is 0 Å². The van der Waals surface area contributed by atoms with Crippen molar-refractivity contribution in [2.24, 2.45) is 0 Å². The van der Waals surface area contributed by atoms with E-state index in [1.807, 2.05) is 24.3 Å². The van der Waals surface area contributed by atoms with Gasteiger partial charge in [0.15, 0.2) is 5.78 Å². The van der Waals surface area contributed by atoms with Crippen LogP contribution in [0.5, 0.6) is 0 Å². The first-order valence-corrected chi connectivity index (χ1v) is 10.4. The molecule has 0 saturated carbocycles. The summed E-state index contributed by atoms with van der Waals surface area (Å²) in [6, 6.07) is 15.7. The van der Waals surface area contributed by atoms with Crippen LogP contribution < -0.4 is 5.56 Å². The minimum Gasteiger partial charge on any atom is -0.379 e. The van der Waals surface area contributed by atoms with Gasteiger partial charge in [0, 0.05) is 25.6 Å². The lowest BCUT2D eigenvalue weighted by Gasteiger charge is -2.40. The molecule has 0 bridgehead atoms. The first kappa shape index (κ1) is 20.9. The highest BCUT2D eigenvalue weighted by molar-refractivity contribution is 5.95. The number of hydrogen-bond acceptors (Lipinski definition) is 5. The van der Waals surface area contributed by atoms with Crippen molar-refractivity contribution in [3.8, 4) is 0 Å². The van der Waals surface area contributed by atoms with Gasteiger partial charge in [-0.1, -0.05) is 30.3 Å². The Morgan fingerprint density at radius 1 is 1.10 bits per heavy atom. The molecule has 31 heavy (non-hydrogen) atoms. The van der Waals surface area contributed by atoms with Gasteiger partial charge in [-0.25, -0.2) is 4.98 Å². The average Bonchev–Trinajstić information content (AvgIpc) is 2.81. The maximum Gasteiger partial charge on any atom is 0.261 e. The van der Waals surface area contributed by atoms with Crippen LogP contribution in [0.4, 0.5) is 0 Å². The molecule has 3 aromatic rings. The standard InChI is InChI=1S/C24H25N3O4/c1-31-22-12-7-13-27(23(29)17-8-3-2-4-9-17)21(22)14-18(28)15-26-16-25-20-11-6-5-10-19(20)24(26)30/h2-6,8-11,16,21-22H,7,12-15H2,1H3/t21-,22?/m0/s1. The molecule has 1 saturated heterocycles. The summed E-state index contributed by atoms with van der Waals surface area (Å²) < 4.78 is 6.96. The molecule has 1 aliphatic heterocycles. The first-order valence-electron chi connectivity index (χ1n) is 10.4. The van der Waals surface area contributed by atoms with Crippen molar-refractivity contribution in [2.45, 2.75) is 38.0 Å². The van der Waals surface area contributed by atoms with E-state index in [4.69, 9.17) is 4.74 Å². The van der Waals surface area contributed by atoms with Gasteiger partial charge in [-0.15, -0.1) is 0 Å². The van der Waals surface area contributed by atoms with Crippen LogP contribution in [0.3, 0.4) is 0 Å². The molecule has 0 aliphatic carbocycles. The van der Waals surface area contributed by atoms with Crippen molar-refractivity contribution in [3.05, 3.63) is 76.8 Å². The average molecular weight is 419 g/mol. The highest BCUT2D eigenvalue weighted by atomic mass is 16.5. The normalized spacial score (nSPS) is 18.8. The monoisotopic (exact) mass is 419 g/mol. The second-order valence-corrected chi connectivity index (χ2v) is 7.79. The second kappa shape index (κ2) is 9.22. The molecule has 0 radical (unpaired) electrons. The number of fused-ring (bicyclic) bond motifs is 1. The van der Waals surface area contributed by atoms with Crippen molar-refractivity contribution in [1.29, 1.82) is 0 Å². The van der Waals surface area contributed by atoms with Gasteiger partial charge in [-0.05, 0) is 37.1 Å². The largest absolute Gasteiger partial charge is 0.379 e. The van der Waals surface area contributed by atoms with Crippen molar-refractivity contribution in [2.75, 3.05) is 13.7 Å². The molecule has 1 aromatic heterocycles. The zero-order valence-corrected chi connectivity index (χ0v) is 17.4. The topological polar surface area (TPSA) is 81.5 Å². The Hall–Kier alpha value is -3.32. The number of carbonyl (C=O) groups is 2. The lowest BCUT2D eigenvalue weighted by atomic mass is 9.93. The summed E-state index contributed by atoms with van der Waals surface area (Å²) in [4.78, 5) is 44.8. The number of amides is 1. The summed E-state index contributed by atoms with van der Waals surface area (Å²) in [5, 5.41) is 0.478. The lowest BCUT2D eigenvalue weighted by molar-refractivity contribution is -0.122. The maximum atomic E-state index is 13.1. The Morgan fingerprint density at radius 3 is 2.61 bits per heavy atom. The van der Waals surface area contributed by atoms with Crippen LogP contribution in [0.1, 0.15) is 29.6 Å².